The number of anilines is 1. The molecule has 0 saturated heterocycles. The minimum Gasteiger partial charge on any atom is -0.494 e. The standard InChI is InChI=1S/C14H17BrN2O/c1-4-9-8-11(16-5-2)13-10(15)6-7-12(18-3)14(13)17-9/h6-8H,4-5H2,1-3H3,(H,16,17). The first kappa shape index (κ1) is 13.1. The molecule has 0 spiro atoms. The number of ether oxygens (including phenoxy) is 1. The topological polar surface area (TPSA) is 34.2 Å². The van der Waals surface area contributed by atoms with E-state index in [1.807, 2.05) is 12.1 Å². The molecular weight excluding hydrogens is 292 g/mol. The smallest absolute Gasteiger partial charge is 0.145 e. The first-order valence-electron chi connectivity index (χ1n) is 6.11. The number of halogens is 1. The Morgan fingerprint density at radius 1 is 1.33 bits per heavy atom. The number of pyridine rings is 1. The van der Waals surface area contributed by atoms with Gasteiger partial charge in [-0.3, -0.25) is 0 Å². The number of methoxy groups -OCH3 is 1. The molecule has 0 radical (unpaired) electrons. The minimum atomic E-state index is 0.808. The van der Waals surface area contributed by atoms with E-state index in [9.17, 15) is 0 Å². The van der Waals surface area contributed by atoms with Gasteiger partial charge in [-0.05, 0) is 31.5 Å². The first-order chi connectivity index (χ1) is 8.71. The molecule has 0 atom stereocenters. The van der Waals surface area contributed by atoms with E-state index < -0.39 is 0 Å². The summed E-state index contributed by atoms with van der Waals surface area (Å²) in [5.41, 5.74) is 3.07. The van der Waals surface area contributed by atoms with Crippen LogP contribution in [0.5, 0.6) is 5.75 Å². The van der Waals surface area contributed by atoms with Crippen LogP contribution in [0, 0.1) is 0 Å². The third kappa shape index (κ3) is 2.29. The summed E-state index contributed by atoms with van der Waals surface area (Å²) in [7, 11) is 1.68. The van der Waals surface area contributed by atoms with Gasteiger partial charge in [0.25, 0.3) is 0 Å². The third-order valence-corrected chi connectivity index (χ3v) is 3.54. The van der Waals surface area contributed by atoms with E-state index in [-0.39, 0.29) is 0 Å². The lowest BCUT2D eigenvalue weighted by atomic mass is 10.1. The van der Waals surface area contributed by atoms with Crippen molar-refractivity contribution in [1.29, 1.82) is 0 Å². The second-order valence-electron chi connectivity index (χ2n) is 4.02. The fourth-order valence-corrected chi connectivity index (χ4v) is 2.54. The second-order valence-corrected chi connectivity index (χ2v) is 4.87. The second kappa shape index (κ2) is 5.57. The molecule has 2 rings (SSSR count). The third-order valence-electron chi connectivity index (χ3n) is 2.88. The molecule has 0 aliphatic carbocycles. The van der Waals surface area contributed by atoms with E-state index in [1.165, 1.54) is 0 Å². The molecule has 1 aromatic carbocycles. The number of rotatable bonds is 4. The van der Waals surface area contributed by atoms with Crippen LogP contribution in [0.4, 0.5) is 5.69 Å². The van der Waals surface area contributed by atoms with E-state index in [2.05, 4.69) is 46.1 Å². The van der Waals surface area contributed by atoms with Gasteiger partial charge in [-0.2, -0.15) is 0 Å². The van der Waals surface area contributed by atoms with Crippen LogP contribution in [-0.4, -0.2) is 18.6 Å². The zero-order valence-corrected chi connectivity index (χ0v) is 12.5. The molecule has 0 aliphatic rings. The van der Waals surface area contributed by atoms with Crippen molar-refractivity contribution in [2.75, 3.05) is 19.0 Å². The van der Waals surface area contributed by atoms with Gasteiger partial charge in [-0.25, -0.2) is 4.98 Å². The van der Waals surface area contributed by atoms with Crippen LogP contribution in [0.1, 0.15) is 19.5 Å². The van der Waals surface area contributed by atoms with E-state index in [1.54, 1.807) is 7.11 Å². The molecule has 0 fully saturated rings. The maximum atomic E-state index is 5.40. The van der Waals surface area contributed by atoms with Crippen molar-refractivity contribution >= 4 is 32.5 Å². The highest BCUT2D eigenvalue weighted by Gasteiger charge is 2.12. The van der Waals surface area contributed by atoms with Crippen molar-refractivity contribution < 1.29 is 4.74 Å². The molecule has 0 amide bonds. The Morgan fingerprint density at radius 2 is 2.11 bits per heavy atom. The van der Waals surface area contributed by atoms with Crippen LogP contribution in [0.25, 0.3) is 10.9 Å². The summed E-state index contributed by atoms with van der Waals surface area (Å²) in [6, 6.07) is 6.04. The summed E-state index contributed by atoms with van der Waals surface area (Å²) in [6.45, 7) is 5.08. The molecule has 0 saturated carbocycles. The van der Waals surface area contributed by atoms with Crippen LogP contribution in [0.15, 0.2) is 22.7 Å². The Kier molecular flexibility index (Phi) is 4.07. The fourth-order valence-electron chi connectivity index (χ4n) is 2.01. The number of aromatic nitrogens is 1. The number of aryl methyl sites for hydroxylation is 1. The van der Waals surface area contributed by atoms with Crippen molar-refractivity contribution in [3.63, 3.8) is 0 Å². The van der Waals surface area contributed by atoms with Gasteiger partial charge in [-0.1, -0.05) is 22.9 Å². The summed E-state index contributed by atoms with van der Waals surface area (Å²) in [5, 5.41) is 4.47. The Bertz CT molecular complexity index is 569. The average Bonchev–Trinajstić information content (AvgIpc) is 2.39. The van der Waals surface area contributed by atoms with Crippen LogP contribution >= 0.6 is 15.9 Å². The zero-order valence-electron chi connectivity index (χ0n) is 10.9. The summed E-state index contributed by atoms with van der Waals surface area (Å²) >= 11 is 3.59. The lowest BCUT2D eigenvalue weighted by molar-refractivity contribution is 0.418. The van der Waals surface area contributed by atoms with E-state index in [0.29, 0.717) is 0 Å². The van der Waals surface area contributed by atoms with Crippen LogP contribution in [0.2, 0.25) is 0 Å². The maximum Gasteiger partial charge on any atom is 0.145 e. The zero-order chi connectivity index (χ0) is 13.1. The Morgan fingerprint density at radius 3 is 2.72 bits per heavy atom. The molecule has 1 aromatic heterocycles. The summed E-state index contributed by atoms with van der Waals surface area (Å²) < 4.78 is 6.44. The monoisotopic (exact) mass is 308 g/mol. The highest BCUT2D eigenvalue weighted by molar-refractivity contribution is 9.10. The minimum absolute atomic E-state index is 0.808. The SMILES string of the molecule is CCNc1cc(CC)nc2c(OC)ccc(Br)c12. The lowest BCUT2D eigenvalue weighted by Gasteiger charge is -2.13. The van der Waals surface area contributed by atoms with Crippen LogP contribution in [0.3, 0.4) is 0 Å². The highest BCUT2D eigenvalue weighted by Crippen LogP contribution is 2.35. The summed E-state index contributed by atoms with van der Waals surface area (Å²) in [5.74, 6) is 0.808. The van der Waals surface area contributed by atoms with Gasteiger partial charge in [0.05, 0.1) is 7.11 Å². The van der Waals surface area contributed by atoms with Gasteiger partial charge in [0.15, 0.2) is 0 Å². The van der Waals surface area contributed by atoms with Crippen molar-refractivity contribution in [3.8, 4) is 5.75 Å². The maximum absolute atomic E-state index is 5.40. The molecular formula is C14H17BrN2O. The molecule has 3 nitrogen and oxygen atoms in total. The number of hydrogen-bond acceptors (Lipinski definition) is 3. The van der Waals surface area contributed by atoms with Crippen LogP contribution < -0.4 is 10.1 Å². The molecule has 0 unspecified atom stereocenters. The van der Waals surface area contributed by atoms with E-state index in [4.69, 9.17) is 4.74 Å². The predicted octanol–water partition coefficient (Wildman–Crippen LogP) is 4.00. The first-order valence-corrected chi connectivity index (χ1v) is 6.90. The number of fused-ring (bicyclic) bond motifs is 1. The Hall–Kier alpha value is -1.29. The van der Waals surface area contributed by atoms with Gasteiger partial charge in [0.2, 0.25) is 0 Å². The highest BCUT2D eigenvalue weighted by atomic mass is 79.9. The van der Waals surface area contributed by atoms with Crippen molar-refractivity contribution in [1.82, 2.24) is 4.98 Å². The summed E-state index contributed by atoms with van der Waals surface area (Å²) in [6.07, 6.45) is 0.907. The van der Waals surface area contributed by atoms with Crippen molar-refractivity contribution in [2.24, 2.45) is 0 Å². The largest absolute Gasteiger partial charge is 0.494 e. The normalized spacial score (nSPS) is 10.7. The molecule has 18 heavy (non-hydrogen) atoms. The number of hydrogen-bond donors (Lipinski definition) is 1. The molecule has 2 aromatic rings. The molecule has 96 valence electrons. The molecule has 0 bridgehead atoms. The van der Waals surface area contributed by atoms with Crippen LogP contribution in [-0.2, 0) is 6.42 Å². The molecule has 1 N–H and O–H groups in total. The van der Waals surface area contributed by atoms with Crippen molar-refractivity contribution in [2.45, 2.75) is 20.3 Å². The van der Waals surface area contributed by atoms with E-state index in [0.717, 1.165) is 45.5 Å². The quantitative estimate of drug-likeness (QED) is 0.927. The lowest BCUT2D eigenvalue weighted by Crippen LogP contribution is -2.01. The predicted molar refractivity (Wildman–Crippen MR) is 79.5 cm³/mol. The van der Waals surface area contributed by atoms with Gasteiger partial charge in [0.1, 0.15) is 11.3 Å². The Balaban J connectivity index is 2.80. The number of nitrogens with zero attached hydrogens (tertiary/aromatic N) is 1. The number of benzene rings is 1. The summed E-state index contributed by atoms with van der Waals surface area (Å²) in [4.78, 5) is 4.67. The molecule has 1 heterocycles. The fraction of sp³-hybridized carbons (Fsp3) is 0.357. The number of nitrogens with one attached hydrogen (secondary N) is 1. The van der Waals surface area contributed by atoms with Gasteiger partial charge in [-0.15, -0.1) is 0 Å². The molecule has 0 aliphatic heterocycles. The average molecular weight is 309 g/mol. The Labute approximate surface area is 116 Å². The van der Waals surface area contributed by atoms with Crippen molar-refractivity contribution in [3.05, 3.63) is 28.4 Å². The van der Waals surface area contributed by atoms with Gasteiger partial charge in [0, 0.05) is 27.8 Å². The molecule has 4 heteroatoms. The van der Waals surface area contributed by atoms with Gasteiger partial charge >= 0.3 is 0 Å². The van der Waals surface area contributed by atoms with Gasteiger partial charge < -0.3 is 10.1 Å². The van der Waals surface area contributed by atoms with E-state index >= 15 is 0 Å².